The smallest absolute Gasteiger partial charge is 0.251 e. The number of carbonyl (C=O) groups excluding carboxylic acids is 1. The van der Waals surface area contributed by atoms with Gasteiger partial charge in [0.2, 0.25) is 0 Å². The topological polar surface area (TPSA) is 41.6 Å². The maximum absolute atomic E-state index is 12.2. The predicted molar refractivity (Wildman–Crippen MR) is 87.3 cm³/mol. The predicted octanol–water partition coefficient (Wildman–Crippen LogP) is 2.57. The Kier molecular flexibility index (Phi) is 5.34. The van der Waals surface area contributed by atoms with Gasteiger partial charge in [0.1, 0.15) is 0 Å². The lowest BCUT2D eigenvalue weighted by molar-refractivity contribution is 0.0903. The van der Waals surface area contributed by atoms with Gasteiger partial charge in [-0.1, -0.05) is 17.7 Å². The van der Waals surface area contributed by atoms with Crippen LogP contribution in [-0.4, -0.2) is 49.7 Å². The Bertz CT molecular complexity index is 509. The zero-order valence-corrected chi connectivity index (χ0v) is 13.5. The van der Waals surface area contributed by atoms with Crippen LogP contribution in [-0.2, 0) is 4.74 Å². The number of rotatable bonds is 4. The van der Waals surface area contributed by atoms with Crippen LogP contribution in [0.2, 0.25) is 5.02 Å². The van der Waals surface area contributed by atoms with Crippen molar-refractivity contribution < 1.29 is 9.53 Å². The highest BCUT2D eigenvalue weighted by molar-refractivity contribution is 6.30. The van der Waals surface area contributed by atoms with Crippen molar-refractivity contribution in [3.8, 4) is 0 Å². The maximum Gasteiger partial charge on any atom is 0.251 e. The molecule has 0 bridgehead atoms. The van der Waals surface area contributed by atoms with Crippen molar-refractivity contribution in [2.24, 2.45) is 5.92 Å². The second-order valence-electron chi connectivity index (χ2n) is 6.29. The van der Waals surface area contributed by atoms with E-state index in [9.17, 15) is 4.79 Å². The van der Waals surface area contributed by atoms with Crippen molar-refractivity contribution in [1.82, 2.24) is 10.2 Å². The van der Waals surface area contributed by atoms with Crippen LogP contribution in [0.25, 0.3) is 0 Å². The molecule has 3 rings (SSSR count). The molecule has 0 saturated carbocycles. The molecule has 0 radical (unpaired) electrons. The highest BCUT2D eigenvalue weighted by atomic mass is 35.5. The van der Waals surface area contributed by atoms with E-state index in [4.69, 9.17) is 16.3 Å². The molecule has 0 aromatic heterocycles. The molecule has 1 aromatic carbocycles. The number of amides is 1. The molecule has 2 heterocycles. The molecule has 2 aliphatic heterocycles. The molecule has 1 amide bonds. The summed E-state index contributed by atoms with van der Waals surface area (Å²) in [4.78, 5) is 14.7. The fraction of sp³-hybridized carbons (Fsp3) is 0.588. The highest BCUT2D eigenvalue weighted by Gasteiger charge is 2.24. The summed E-state index contributed by atoms with van der Waals surface area (Å²) in [7, 11) is 0. The Hall–Kier alpha value is -1.10. The van der Waals surface area contributed by atoms with Crippen molar-refractivity contribution in [2.45, 2.75) is 25.3 Å². The number of likely N-dealkylation sites (tertiary alicyclic amines) is 1. The van der Waals surface area contributed by atoms with Gasteiger partial charge in [-0.15, -0.1) is 0 Å². The van der Waals surface area contributed by atoms with E-state index in [1.165, 1.54) is 6.42 Å². The summed E-state index contributed by atoms with van der Waals surface area (Å²) in [5, 5.41) is 3.73. The first-order valence-electron chi connectivity index (χ1n) is 8.07. The molecule has 120 valence electrons. The number of carbonyl (C=O) groups is 1. The van der Waals surface area contributed by atoms with E-state index in [-0.39, 0.29) is 11.9 Å². The molecule has 5 heteroatoms. The second-order valence-corrected chi connectivity index (χ2v) is 6.72. The third-order valence-corrected chi connectivity index (χ3v) is 4.79. The van der Waals surface area contributed by atoms with Crippen LogP contribution in [0.4, 0.5) is 0 Å². The SMILES string of the molecule is O=C(NC1CCN(C[C@@H]2CCOC2)CC1)c1cccc(Cl)c1. The molecule has 1 atom stereocenters. The number of hydrogen-bond donors (Lipinski definition) is 1. The van der Waals surface area contributed by atoms with E-state index in [2.05, 4.69) is 10.2 Å². The van der Waals surface area contributed by atoms with Crippen molar-refractivity contribution >= 4 is 17.5 Å². The van der Waals surface area contributed by atoms with Gasteiger partial charge in [-0.2, -0.15) is 0 Å². The summed E-state index contributed by atoms with van der Waals surface area (Å²) in [6, 6.07) is 7.37. The molecule has 22 heavy (non-hydrogen) atoms. The summed E-state index contributed by atoms with van der Waals surface area (Å²) >= 11 is 5.93. The van der Waals surface area contributed by atoms with Crippen molar-refractivity contribution in [3.05, 3.63) is 34.9 Å². The highest BCUT2D eigenvalue weighted by Crippen LogP contribution is 2.18. The summed E-state index contributed by atoms with van der Waals surface area (Å²) in [6.45, 7) is 5.06. The number of nitrogens with one attached hydrogen (secondary N) is 1. The summed E-state index contributed by atoms with van der Waals surface area (Å²) < 4.78 is 5.44. The number of halogens is 1. The minimum Gasteiger partial charge on any atom is -0.381 e. The second kappa shape index (κ2) is 7.44. The third-order valence-electron chi connectivity index (χ3n) is 4.55. The van der Waals surface area contributed by atoms with Gasteiger partial charge in [-0.3, -0.25) is 4.79 Å². The molecule has 2 saturated heterocycles. The maximum atomic E-state index is 12.2. The molecule has 2 fully saturated rings. The van der Waals surface area contributed by atoms with Crippen LogP contribution in [0.3, 0.4) is 0 Å². The van der Waals surface area contributed by atoms with Gasteiger partial charge in [0.25, 0.3) is 5.91 Å². The molecule has 2 aliphatic rings. The van der Waals surface area contributed by atoms with E-state index in [0.717, 1.165) is 45.7 Å². The number of ether oxygens (including phenoxy) is 1. The fourth-order valence-corrected chi connectivity index (χ4v) is 3.44. The van der Waals surface area contributed by atoms with E-state index >= 15 is 0 Å². The van der Waals surface area contributed by atoms with E-state index in [1.807, 2.05) is 6.07 Å². The van der Waals surface area contributed by atoms with E-state index < -0.39 is 0 Å². The number of hydrogen-bond acceptors (Lipinski definition) is 3. The first-order chi connectivity index (χ1) is 10.7. The van der Waals surface area contributed by atoms with Gasteiger partial charge in [0.05, 0.1) is 6.61 Å². The van der Waals surface area contributed by atoms with Gasteiger partial charge in [0.15, 0.2) is 0 Å². The molecule has 1 aromatic rings. The Labute approximate surface area is 136 Å². The van der Waals surface area contributed by atoms with Gasteiger partial charge in [-0.05, 0) is 43.4 Å². The molecule has 0 unspecified atom stereocenters. The third kappa shape index (κ3) is 4.22. The summed E-state index contributed by atoms with van der Waals surface area (Å²) in [6.07, 6.45) is 3.21. The molecule has 0 aliphatic carbocycles. The van der Waals surface area contributed by atoms with Gasteiger partial charge in [0, 0.05) is 42.9 Å². The van der Waals surface area contributed by atoms with Crippen LogP contribution < -0.4 is 5.32 Å². The van der Waals surface area contributed by atoms with Crippen LogP contribution in [0, 0.1) is 5.92 Å². The molecular formula is C17H23ClN2O2. The first-order valence-corrected chi connectivity index (χ1v) is 8.45. The van der Waals surface area contributed by atoms with Gasteiger partial charge in [-0.25, -0.2) is 0 Å². The lowest BCUT2D eigenvalue weighted by atomic mass is 10.0. The average molecular weight is 323 g/mol. The van der Waals surface area contributed by atoms with Crippen molar-refractivity contribution in [1.29, 1.82) is 0 Å². The Morgan fingerprint density at radius 1 is 1.32 bits per heavy atom. The minimum atomic E-state index is -0.0230. The van der Waals surface area contributed by atoms with Crippen LogP contribution in [0.1, 0.15) is 29.6 Å². The lowest BCUT2D eigenvalue weighted by Crippen LogP contribution is -2.45. The van der Waals surface area contributed by atoms with E-state index in [0.29, 0.717) is 16.5 Å². The molecule has 0 spiro atoms. The monoisotopic (exact) mass is 322 g/mol. The summed E-state index contributed by atoms with van der Waals surface area (Å²) in [5.41, 5.74) is 0.637. The number of benzene rings is 1. The molecule has 4 nitrogen and oxygen atoms in total. The van der Waals surface area contributed by atoms with Gasteiger partial charge < -0.3 is 15.0 Å². The number of piperidine rings is 1. The summed E-state index contributed by atoms with van der Waals surface area (Å²) in [5.74, 6) is 0.669. The lowest BCUT2D eigenvalue weighted by Gasteiger charge is -2.33. The Morgan fingerprint density at radius 3 is 2.82 bits per heavy atom. The average Bonchev–Trinajstić information content (AvgIpc) is 3.02. The normalized spacial score (nSPS) is 23.6. The largest absolute Gasteiger partial charge is 0.381 e. The van der Waals surface area contributed by atoms with Gasteiger partial charge >= 0.3 is 0 Å². The van der Waals surface area contributed by atoms with Crippen LogP contribution >= 0.6 is 11.6 Å². The van der Waals surface area contributed by atoms with Crippen LogP contribution in [0.15, 0.2) is 24.3 Å². The first kappa shape index (κ1) is 15.8. The quantitative estimate of drug-likeness (QED) is 0.926. The molecular weight excluding hydrogens is 300 g/mol. The fourth-order valence-electron chi connectivity index (χ4n) is 3.25. The number of nitrogens with zero attached hydrogens (tertiary/aromatic N) is 1. The molecule has 1 N–H and O–H groups in total. The van der Waals surface area contributed by atoms with E-state index in [1.54, 1.807) is 18.2 Å². The zero-order chi connectivity index (χ0) is 15.4. The minimum absolute atomic E-state index is 0.0230. The zero-order valence-electron chi connectivity index (χ0n) is 12.8. The van der Waals surface area contributed by atoms with Crippen molar-refractivity contribution in [2.75, 3.05) is 32.8 Å². The Balaban J connectivity index is 1.44. The van der Waals surface area contributed by atoms with Crippen LogP contribution in [0.5, 0.6) is 0 Å². The Morgan fingerprint density at radius 2 is 2.14 bits per heavy atom. The standard InChI is InChI=1S/C17H23ClN2O2/c18-15-3-1-2-14(10-15)17(21)19-16-4-7-20(8-5-16)11-13-6-9-22-12-13/h1-3,10,13,16H,4-9,11-12H2,(H,19,21)/t13-/m0/s1. The van der Waals surface area contributed by atoms with Crippen molar-refractivity contribution in [3.63, 3.8) is 0 Å².